The van der Waals surface area contributed by atoms with Crippen LogP contribution in [0, 0.1) is 5.82 Å². The maximum Gasteiger partial charge on any atom is 0.409 e. The van der Waals surface area contributed by atoms with Crippen molar-refractivity contribution in [3.05, 3.63) is 35.8 Å². The van der Waals surface area contributed by atoms with Gasteiger partial charge in [0.25, 0.3) is 11.8 Å². The first-order valence-electron chi connectivity index (χ1n) is 16.1. The third kappa shape index (κ3) is 8.27. The molecule has 2 atom stereocenters. The van der Waals surface area contributed by atoms with Crippen LogP contribution in [0.5, 0.6) is 5.75 Å². The largest absolute Gasteiger partial charge is 0.483 e. The number of hydrogen-bond donors (Lipinski definition) is 3. The van der Waals surface area contributed by atoms with Crippen LogP contribution in [-0.2, 0) is 23.9 Å². The third-order valence-electron chi connectivity index (χ3n) is 8.50. The molecule has 1 aliphatic carbocycles. The molecule has 16 heteroatoms. The maximum atomic E-state index is 15.0. The molecule has 5 rings (SSSR count). The molecule has 258 valence electrons. The molecule has 1 aromatic carbocycles. The molecule has 3 fully saturated rings. The number of amides is 5. The summed E-state index contributed by atoms with van der Waals surface area (Å²) < 4.78 is 25.8. The zero-order valence-corrected chi connectivity index (χ0v) is 26.6. The second-order valence-electron chi connectivity index (χ2n) is 11.9. The molecule has 2 unspecified atom stereocenters. The van der Waals surface area contributed by atoms with Crippen LogP contribution in [0.1, 0.15) is 55.9 Å². The highest BCUT2D eigenvalue weighted by Crippen LogP contribution is 2.29. The van der Waals surface area contributed by atoms with Crippen LogP contribution in [-0.4, -0.2) is 125 Å². The van der Waals surface area contributed by atoms with Gasteiger partial charge in [0.05, 0.1) is 17.5 Å². The lowest BCUT2D eigenvalue weighted by atomic mass is 10.1. The summed E-state index contributed by atoms with van der Waals surface area (Å²) in [5, 5.41) is 14.7. The summed E-state index contributed by atoms with van der Waals surface area (Å²) in [6, 6.07) is 3.46. The number of rotatable bonds is 12. The number of aliphatic carboxylic acids is 1. The van der Waals surface area contributed by atoms with Crippen molar-refractivity contribution in [1.82, 2.24) is 30.3 Å². The highest BCUT2D eigenvalue weighted by Gasteiger charge is 2.37. The first-order valence-corrected chi connectivity index (χ1v) is 16.1. The highest BCUT2D eigenvalue weighted by molar-refractivity contribution is 5.99. The van der Waals surface area contributed by atoms with E-state index < -0.39 is 60.7 Å². The van der Waals surface area contributed by atoms with Crippen LogP contribution in [0.3, 0.4) is 0 Å². The molecule has 3 N–H and O–H groups in total. The minimum atomic E-state index is -1.24. The van der Waals surface area contributed by atoms with Crippen molar-refractivity contribution < 1.29 is 47.7 Å². The number of nitrogens with one attached hydrogen (secondary N) is 2. The number of hydrogen-bond acceptors (Lipinski definition) is 9. The number of carboxylic acid groups (broad SMARTS) is 1. The first kappa shape index (κ1) is 34.3. The van der Waals surface area contributed by atoms with Crippen molar-refractivity contribution >= 4 is 46.6 Å². The Kier molecular flexibility index (Phi) is 10.9. The summed E-state index contributed by atoms with van der Waals surface area (Å²) in [6.45, 7) is 2.43. The van der Waals surface area contributed by atoms with Crippen LogP contribution in [0.25, 0.3) is 10.9 Å². The molecule has 15 nitrogen and oxygen atoms in total. The van der Waals surface area contributed by atoms with Gasteiger partial charge in [-0.25, -0.2) is 14.2 Å². The Balaban J connectivity index is 1.30. The Hall–Kier alpha value is -5.02. The van der Waals surface area contributed by atoms with Crippen LogP contribution in [0.2, 0.25) is 0 Å². The van der Waals surface area contributed by atoms with Crippen molar-refractivity contribution in [1.29, 1.82) is 0 Å². The summed E-state index contributed by atoms with van der Waals surface area (Å²) in [6.07, 6.45) is 1.85. The summed E-state index contributed by atoms with van der Waals surface area (Å²) in [5.41, 5.74) is -0.199. The van der Waals surface area contributed by atoms with E-state index >= 15 is 4.39 Å². The van der Waals surface area contributed by atoms with E-state index in [1.54, 1.807) is 6.92 Å². The fourth-order valence-corrected chi connectivity index (χ4v) is 5.83. The molecular weight excluding hydrogens is 631 g/mol. The maximum absolute atomic E-state index is 15.0. The standard InChI is InChI=1S/C32H39FN6O9/c1-2-47-32(46)38-15-13-37(14-16-38)31(45)22(10-11-27(41)42)36-29(43)23-17-25(28-20(33)5-3-6-21(28)35-23)48-18-26(40)39-12-4-7-24(39)30(44)34-19-8-9-19/h3,5-6,17,19,22,24H,2,4,7-16,18H2,1H3,(H,34,44)(H,36,43)(H,41,42). The lowest BCUT2D eigenvalue weighted by molar-refractivity contribution is -0.140. The molecule has 5 amide bonds. The Bertz CT molecular complexity index is 1580. The van der Waals surface area contributed by atoms with Crippen LogP contribution < -0.4 is 15.4 Å². The van der Waals surface area contributed by atoms with E-state index in [0.29, 0.717) is 19.4 Å². The number of carboxylic acids is 1. The van der Waals surface area contributed by atoms with E-state index in [4.69, 9.17) is 9.47 Å². The van der Waals surface area contributed by atoms with Crippen LogP contribution >= 0.6 is 0 Å². The summed E-state index contributed by atoms with van der Waals surface area (Å²) >= 11 is 0. The van der Waals surface area contributed by atoms with Crippen LogP contribution in [0.15, 0.2) is 24.3 Å². The Labute approximate surface area is 275 Å². The normalized spacial score (nSPS) is 18.3. The van der Waals surface area contributed by atoms with E-state index in [1.807, 2.05) is 0 Å². The molecule has 2 aromatic rings. The fraction of sp³-hybridized carbons (Fsp3) is 0.531. The van der Waals surface area contributed by atoms with Gasteiger partial charge in [-0.05, 0) is 51.2 Å². The van der Waals surface area contributed by atoms with Crippen molar-refractivity contribution in [2.24, 2.45) is 0 Å². The SMILES string of the molecule is CCOC(=O)N1CCN(C(=O)C(CCC(=O)O)NC(=O)c2cc(OCC(=O)N3CCCC3C(=O)NC3CC3)c3c(F)cccc3n2)CC1. The topological polar surface area (TPSA) is 188 Å². The lowest BCUT2D eigenvalue weighted by Gasteiger charge is -2.35. The van der Waals surface area contributed by atoms with Gasteiger partial charge in [-0.15, -0.1) is 0 Å². The second-order valence-corrected chi connectivity index (χ2v) is 11.9. The number of aromatic nitrogens is 1. The summed E-state index contributed by atoms with van der Waals surface area (Å²) in [4.78, 5) is 84.9. The van der Waals surface area contributed by atoms with Crippen molar-refractivity contribution in [3.8, 4) is 5.75 Å². The molecule has 0 spiro atoms. The Morgan fingerprint density at radius 1 is 1.04 bits per heavy atom. The molecule has 2 saturated heterocycles. The van der Waals surface area contributed by atoms with Gasteiger partial charge in [-0.3, -0.25) is 24.0 Å². The number of piperazine rings is 1. The van der Waals surface area contributed by atoms with Gasteiger partial charge in [0.1, 0.15) is 29.3 Å². The van der Waals surface area contributed by atoms with Gasteiger partial charge in [-0.1, -0.05) is 6.07 Å². The molecule has 3 aliphatic rings. The van der Waals surface area contributed by atoms with Crippen molar-refractivity contribution in [2.45, 2.75) is 63.6 Å². The Morgan fingerprint density at radius 3 is 2.46 bits per heavy atom. The molecule has 3 heterocycles. The highest BCUT2D eigenvalue weighted by atomic mass is 19.1. The number of ether oxygens (including phenoxy) is 2. The summed E-state index contributed by atoms with van der Waals surface area (Å²) in [7, 11) is 0. The van der Waals surface area contributed by atoms with E-state index in [1.165, 1.54) is 32.9 Å². The van der Waals surface area contributed by atoms with E-state index in [2.05, 4.69) is 15.6 Å². The molecule has 48 heavy (non-hydrogen) atoms. The lowest BCUT2D eigenvalue weighted by Crippen LogP contribution is -2.56. The number of likely N-dealkylation sites (tertiary alicyclic amines) is 1. The van der Waals surface area contributed by atoms with Gasteiger partial charge in [-0.2, -0.15) is 0 Å². The van der Waals surface area contributed by atoms with Gasteiger partial charge < -0.3 is 39.9 Å². The average Bonchev–Trinajstić information content (AvgIpc) is 3.75. The number of benzene rings is 1. The molecule has 0 bridgehead atoms. The minimum absolute atomic E-state index is 0.0523. The van der Waals surface area contributed by atoms with Crippen LogP contribution in [0.4, 0.5) is 9.18 Å². The monoisotopic (exact) mass is 670 g/mol. The number of pyridine rings is 1. The molecule has 1 saturated carbocycles. The van der Waals surface area contributed by atoms with Crippen molar-refractivity contribution in [2.75, 3.05) is 45.9 Å². The number of halogens is 1. The Morgan fingerprint density at radius 2 is 1.77 bits per heavy atom. The molecule has 0 radical (unpaired) electrons. The number of nitrogens with zero attached hydrogens (tertiary/aromatic N) is 4. The van der Waals surface area contributed by atoms with Gasteiger partial charge in [0.2, 0.25) is 11.8 Å². The smallest absolute Gasteiger partial charge is 0.409 e. The summed E-state index contributed by atoms with van der Waals surface area (Å²) in [5.74, 6) is -4.07. The average molecular weight is 671 g/mol. The van der Waals surface area contributed by atoms with Crippen molar-refractivity contribution in [3.63, 3.8) is 0 Å². The number of carbonyl (C=O) groups is 6. The van der Waals surface area contributed by atoms with E-state index in [0.717, 1.165) is 18.9 Å². The predicted molar refractivity (Wildman–Crippen MR) is 166 cm³/mol. The third-order valence-corrected chi connectivity index (χ3v) is 8.50. The molecular formula is C32H39FN6O9. The van der Waals surface area contributed by atoms with E-state index in [9.17, 15) is 33.9 Å². The fourth-order valence-electron chi connectivity index (χ4n) is 5.83. The first-order chi connectivity index (χ1) is 23.0. The van der Waals surface area contributed by atoms with Gasteiger partial charge in [0.15, 0.2) is 6.61 Å². The predicted octanol–water partition coefficient (Wildman–Crippen LogP) is 1.29. The molecule has 2 aliphatic heterocycles. The minimum Gasteiger partial charge on any atom is -0.483 e. The second kappa shape index (κ2) is 15.3. The zero-order valence-electron chi connectivity index (χ0n) is 26.6. The van der Waals surface area contributed by atoms with Gasteiger partial charge in [0, 0.05) is 51.3 Å². The molecule has 1 aromatic heterocycles. The van der Waals surface area contributed by atoms with Gasteiger partial charge >= 0.3 is 12.1 Å². The zero-order chi connectivity index (χ0) is 34.4. The quantitative estimate of drug-likeness (QED) is 0.297. The van der Waals surface area contributed by atoms with E-state index in [-0.39, 0.29) is 73.5 Å². The number of fused-ring (bicyclic) bond motifs is 1. The number of carbonyl (C=O) groups excluding carboxylic acids is 5.